The number of hydrogen-bond donors (Lipinski definition) is 1. The topological polar surface area (TPSA) is 75.7 Å². The summed E-state index contributed by atoms with van der Waals surface area (Å²) in [7, 11) is -2.26. The number of sulfonamides is 1. The highest BCUT2D eigenvalue weighted by atomic mass is 35.5. The maximum atomic E-state index is 13.2. The molecule has 1 N–H and O–H groups in total. The lowest BCUT2D eigenvalue weighted by Crippen LogP contribution is -2.49. The molecule has 31 heavy (non-hydrogen) atoms. The molecule has 0 aromatic heterocycles. The van der Waals surface area contributed by atoms with Crippen LogP contribution in [0.5, 0.6) is 5.75 Å². The number of hydrogen-bond acceptors (Lipinski definition) is 4. The maximum Gasteiger partial charge on any atom is 0.244 e. The Labute approximate surface area is 189 Å². The summed E-state index contributed by atoms with van der Waals surface area (Å²) in [5.74, 6) is 0.0782. The Morgan fingerprint density at radius 1 is 1.19 bits per heavy atom. The minimum absolute atomic E-state index is 0.242. The monoisotopic (exact) mass is 464 g/mol. The van der Waals surface area contributed by atoms with Crippen molar-refractivity contribution in [1.29, 1.82) is 0 Å². The molecular weight excluding hydrogens is 436 g/mol. The first-order valence-electron chi connectivity index (χ1n) is 10.4. The minimum Gasteiger partial charge on any atom is -0.495 e. The number of aryl methyl sites for hydroxylation is 2. The lowest BCUT2D eigenvalue weighted by molar-refractivity contribution is -0.122. The Bertz CT molecular complexity index is 1070. The summed E-state index contributed by atoms with van der Waals surface area (Å²) in [6.07, 6.45) is 4.71. The molecule has 2 aromatic carbocycles. The first-order valence-corrected chi connectivity index (χ1v) is 12.6. The standard InChI is InChI=1S/C23H29ClN2O4S/c1-5-21(26(31(4,28)29)19-11-12-22(30-3)20(24)14-19)23(27)25-15(2)17-10-9-16-7-6-8-18(16)13-17/h9-15,21H,5-8H2,1-4H3,(H,25,27)/t15-,21+/m0/s1. The molecule has 0 saturated heterocycles. The molecule has 0 fully saturated rings. The first-order chi connectivity index (χ1) is 14.7. The van der Waals surface area contributed by atoms with Crippen molar-refractivity contribution in [1.82, 2.24) is 5.32 Å². The van der Waals surface area contributed by atoms with E-state index in [4.69, 9.17) is 16.3 Å². The zero-order chi connectivity index (χ0) is 22.8. The van der Waals surface area contributed by atoms with Crippen molar-refractivity contribution in [2.45, 2.75) is 51.6 Å². The Balaban J connectivity index is 1.86. The molecule has 8 heteroatoms. The number of amides is 1. The van der Waals surface area contributed by atoms with Crippen molar-refractivity contribution >= 4 is 33.2 Å². The third kappa shape index (κ3) is 5.15. The van der Waals surface area contributed by atoms with E-state index in [0.29, 0.717) is 17.9 Å². The van der Waals surface area contributed by atoms with Crippen molar-refractivity contribution in [2.75, 3.05) is 17.7 Å². The number of halogens is 1. The molecule has 2 atom stereocenters. The molecule has 0 saturated carbocycles. The van der Waals surface area contributed by atoms with E-state index in [1.54, 1.807) is 19.1 Å². The molecular formula is C23H29ClN2O4S. The van der Waals surface area contributed by atoms with E-state index in [2.05, 4.69) is 17.4 Å². The Morgan fingerprint density at radius 3 is 2.52 bits per heavy atom. The molecule has 0 bridgehead atoms. The van der Waals surface area contributed by atoms with E-state index in [1.807, 2.05) is 13.0 Å². The number of methoxy groups -OCH3 is 1. The minimum atomic E-state index is -3.75. The zero-order valence-electron chi connectivity index (χ0n) is 18.3. The average molecular weight is 465 g/mol. The zero-order valence-corrected chi connectivity index (χ0v) is 19.9. The molecule has 1 aliphatic rings. The summed E-state index contributed by atoms with van der Waals surface area (Å²) < 4.78 is 31.6. The van der Waals surface area contributed by atoms with Crippen molar-refractivity contribution in [3.8, 4) is 5.75 Å². The quantitative estimate of drug-likeness (QED) is 0.633. The van der Waals surface area contributed by atoms with Crippen LogP contribution in [0.1, 0.15) is 49.4 Å². The van der Waals surface area contributed by atoms with Gasteiger partial charge < -0.3 is 10.1 Å². The van der Waals surface area contributed by atoms with Crippen LogP contribution in [0, 0.1) is 0 Å². The Hall–Kier alpha value is -2.25. The number of nitrogens with one attached hydrogen (secondary N) is 1. The molecule has 0 aliphatic heterocycles. The predicted octanol–water partition coefficient (Wildman–Crippen LogP) is 4.26. The Morgan fingerprint density at radius 2 is 1.90 bits per heavy atom. The van der Waals surface area contributed by atoms with Gasteiger partial charge in [-0.05, 0) is 67.5 Å². The molecule has 1 aliphatic carbocycles. The van der Waals surface area contributed by atoms with E-state index in [0.717, 1.165) is 35.4 Å². The highest BCUT2D eigenvalue weighted by molar-refractivity contribution is 7.92. The van der Waals surface area contributed by atoms with Crippen LogP contribution in [0.3, 0.4) is 0 Å². The van der Waals surface area contributed by atoms with Crippen LogP contribution in [0.25, 0.3) is 0 Å². The number of benzene rings is 2. The van der Waals surface area contributed by atoms with Gasteiger partial charge in [0.1, 0.15) is 11.8 Å². The highest BCUT2D eigenvalue weighted by Crippen LogP contribution is 2.32. The van der Waals surface area contributed by atoms with Crippen LogP contribution >= 0.6 is 11.6 Å². The van der Waals surface area contributed by atoms with Crippen LogP contribution in [0.2, 0.25) is 5.02 Å². The summed E-state index contributed by atoms with van der Waals surface area (Å²) in [4.78, 5) is 13.2. The fourth-order valence-electron chi connectivity index (χ4n) is 4.11. The number of carbonyl (C=O) groups excluding carboxylic acids is 1. The Kier molecular flexibility index (Phi) is 7.17. The second kappa shape index (κ2) is 9.49. The van der Waals surface area contributed by atoms with Crippen LogP contribution in [-0.4, -0.2) is 33.7 Å². The number of fused-ring (bicyclic) bond motifs is 1. The molecule has 0 spiro atoms. The van der Waals surface area contributed by atoms with E-state index < -0.39 is 16.1 Å². The van der Waals surface area contributed by atoms with Gasteiger partial charge >= 0.3 is 0 Å². The van der Waals surface area contributed by atoms with Crippen molar-refractivity contribution in [3.05, 3.63) is 58.1 Å². The van der Waals surface area contributed by atoms with Crippen LogP contribution in [0.4, 0.5) is 5.69 Å². The normalized spacial score (nSPS) is 15.1. The molecule has 6 nitrogen and oxygen atoms in total. The van der Waals surface area contributed by atoms with Crippen molar-refractivity contribution < 1.29 is 17.9 Å². The fourth-order valence-corrected chi connectivity index (χ4v) is 5.56. The lowest BCUT2D eigenvalue weighted by atomic mass is 10.0. The second-order valence-corrected chi connectivity index (χ2v) is 10.2. The van der Waals surface area contributed by atoms with Gasteiger partial charge in [0.15, 0.2) is 0 Å². The largest absolute Gasteiger partial charge is 0.495 e. The average Bonchev–Trinajstić information content (AvgIpc) is 3.18. The van der Waals surface area contributed by atoms with E-state index in [-0.39, 0.29) is 17.0 Å². The van der Waals surface area contributed by atoms with Crippen LogP contribution in [-0.2, 0) is 27.7 Å². The van der Waals surface area contributed by atoms with Gasteiger partial charge in [0, 0.05) is 0 Å². The molecule has 0 unspecified atom stereocenters. The third-order valence-electron chi connectivity index (χ3n) is 5.70. The van der Waals surface area contributed by atoms with Gasteiger partial charge in [0.25, 0.3) is 0 Å². The van der Waals surface area contributed by atoms with Gasteiger partial charge in [-0.2, -0.15) is 0 Å². The summed E-state index contributed by atoms with van der Waals surface area (Å²) in [5.41, 5.74) is 4.03. The molecule has 0 radical (unpaired) electrons. The number of nitrogens with zero attached hydrogens (tertiary/aromatic N) is 1. The van der Waals surface area contributed by atoms with Crippen LogP contribution < -0.4 is 14.4 Å². The second-order valence-electron chi connectivity index (χ2n) is 7.91. The van der Waals surface area contributed by atoms with Gasteiger partial charge in [0.2, 0.25) is 15.9 Å². The smallest absolute Gasteiger partial charge is 0.244 e. The lowest BCUT2D eigenvalue weighted by Gasteiger charge is -2.31. The number of rotatable bonds is 8. The summed E-state index contributed by atoms with van der Waals surface area (Å²) in [6.45, 7) is 3.70. The molecule has 3 rings (SSSR count). The summed E-state index contributed by atoms with van der Waals surface area (Å²) in [5, 5.41) is 3.27. The maximum absolute atomic E-state index is 13.2. The first kappa shape index (κ1) is 23.4. The number of anilines is 1. The highest BCUT2D eigenvalue weighted by Gasteiger charge is 2.32. The van der Waals surface area contributed by atoms with Crippen LogP contribution in [0.15, 0.2) is 36.4 Å². The van der Waals surface area contributed by atoms with Gasteiger partial charge in [-0.25, -0.2) is 8.42 Å². The SMILES string of the molecule is CC[C@H](C(=O)N[C@@H](C)c1ccc2c(c1)CCC2)N(c1ccc(OC)c(Cl)c1)S(C)(=O)=O. The third-order valence-corrected chi connectivity index (χ3v) is 7.18. The fraction of sp³-hybridized carbons (Fsp3) is 0.435. The predicted molar refractivity (Wildman–Crippen MR) is 124 cm³/mol. The summed E-state index contributed by atoms with van der Waals surface area (Å²) >= 11 is 6.21. The van der Waals surface area contributed by atoms with Gasteiger partial charge in [-0.15, -0.1) is 0 Å². The summed E-state index contributed by atoms with van der Waals surface area (Å²) in [6, 6.07) is 9.84. The molecule has 2 aromatic rings. The van der Waals surface area contributed by atoms with Gasteiger partial charge in [-0.1, -0.05) is 36.7 Å². The molecule has 1 amide bonds. The molecule has 168 valence electrons. The van der Waals surface area contributed by atoms with Crippen molar-refractivity contribution in [2.24, 2.45) is 0 Å². The van der Waals surface area contributed by atoms with E-state index in [9.17, 15) is 13.2 Å². The molecule has 0 heterocycles. The number of carbonyl (C=O) groups is 1. The van der Waals surface area contributed by atoms with Gasteiger partial charge in [0.05, 0.1) is 30.1 Å². The van der Waals surface area contributed by atoms with E-state index in [1.165, 1.54) is 24.3 Å². The van der Waals surface area contributed by atoms with Crippen molar-refractivity contribution in [3.63, 3.8) is 0 Å². The number of ether oxygens (including phenoxy) is 1. The van der Waals surface area contributed by atoms with Gasteiger partial charge in [-0.3, -0.25) is 9.10 Å². The van der Waals surface area contributed by atoms with E-state index >= 15 is 0 Å².